The second kappa shape index (κ2) is 4.80. The van der Waals surface area contributed by atoms with Gasteiger partial charge in [0, 0.05) is 13.2 Å². The molecule has 2 aliphatic rings. The van der Waals surface area contributed by atoms with Crippen molar-refractivity contribution in [1.82, 2.24) is 5.32 Å². The molecule has 0 bridgehead atoms. The monoisotopic (exact) mass is 233 g/mol. The topological polar surface area (TPSA) is 55.4 Å². The molecule has 1 N–H and O–H groups in total. The standard InChI is InChI=1S/C10H19NO3S/c12-15(13)4-2-10(8-15)6-11-5-9-1-3-14-7-9/h9-11H,1-8H2. The number of rotatable bonds is 4. The Morgan fingerprint density at radius 2 is 2.00 bits per heavy atom. The Balaban J connectivity index is 1.62. The van der Waals surface area contributed by atoms with Gasteiger partial charge in [0.15, 0.2) is 9.84 Å². The highest BCUT2D eigenvalue weighted by Gasteiger charge is 2.27. The van der Waals surface area contributed by atoms with Crippen molar-refractivity contribution in [2.45, 2.75) is 12.8 Å². The van der Waals surface area contributed by atoms with Gasteiger partial charge in [-0.15, -0.1) is 0 Å². The first kappa shape index (κ1) is 11.4. The largest absolute Gasteiger partial charge is 0.381 e. The van der Waals surface area contributed by atoms with Crippen LogP contribution in [0.4, 0.5) is 0 Å². The van der Waals surface area contributed by atoms with Gasteiger partial charge in [-0.25, -0.2) is 8.42 Å². The van der Waals surface area contributed by atoms with Crippen LogP contribution in [0.15, 0.2) is 0 Å². The Kier molecular flexibility index (Phi) is 3.64. The van der Waals surface area contributed by atoms with Crippen LogP contribution in [-0.2, 0) is 14.6 Å². The van der Waals surface area contributed by atoms with Gasteiger partial charge in [0.2, 0.25) is 0 Å². The average molecular weight is 233 g/mol. The molecule has 2 fully saturated rings. The zero-order valence-corrected chi connectivity index (χ0v) is 9.76. The van der Waals surface area contributed by atoms with E-state index in [0.717, 1.165) is 39.1 Å². The van der Waals surface area contributed by atoms with Gasteiger partial charge in [0.1, 0.15) is 0 Å². The maximum Gasteiger partial charge on any atom is 0.150 e. The second-order valence-electron chi connectivity index (χ2n) is 4.66. The molecule has 2 aliphatic heterocycles. The molecule has 2 rings (SSSR count). The molecule has 0 aromatic carbocycles. The SMILES string of the molecule is O=S1(=O)CCC(CNCC2CCOC2)C1. The molecular weight excluding hydrogens is 214 g/mol. The van der Waals surface area contributed by atoms with Gasteiger partial charge in [-0.2, -0.15) is 0 Å². The van der Waals surface area contributed by atoms with E-state index in [2.05, 4.69) is 5.32 Å². The molecule has 2 unspecified atom stereocenters. The summed E-state index contributed by atoms with van der Waals surface area (Å²) in [5.74, 6) is 1.72. The van der Waals surface area contributed by atoms with Gasteiger partial charge in [-0.05, 0) is 31.2 Å². The third-order valence-corrected chi connectivity index (χ3v) is 5.05. The maximum absolute atomic E-state index is 11.2. The molecule has 2 saturated heterocycles. The lowest BCUT2D eigenvalue weighted by Crippen LogP contribution is -2.28. The fourth-order valence-corrected chi connectivity index (χ4v) is 4.13. The van der Waals surface area contributed by atoms with Gasteiger partial charge in [-0.1, -0.05) is 0 Å². The van der Waals surface area contributed by atoms with E-state index < -0.39 is 9.84 Å². The molecule has 88 valence electrons. The first-order valence-electron chi connectivity index (χ1n) is 5.64. The van der Waals surface area contributed by atoms with Crippen molar-refractivity contribution < 1.29 is 13.2 Å². The predicted octanol–water partition coefficient (Wildman–Crippen LogP) is 0.0472. The zero-order valence-electron chi connectivity index (χ0n) is 8.94. The summed E-state index contributed by atoms with van der Waals surface area (Å²) in [6.07, 6.45) is 1.96. The van der Waals surface area contributed by atoms with Crippen LogP contribution in [0.3, 0.4) is 0 Å². The summed E-state index contributed by atoms with van der Waals surface area (Å²) in [5, 5.41) is 3.36. The van der Waals surface area contributed by atoms with E-state index in [-0.39, 0.29) is 0 Å². The van der Waals surface area contributed by atoms with Crippen LogP contribution in [-0.4, -0.2) is 46.2 Å². The molecule has 0 amide bonds. The Bertz CT molecular complexity index is 296. The van der Waals surface area contributed by atoms with E-state index in [1.807, 2.05) is 0 Å². The van der Waals surface area contributed by atoms with E-state index in [4.69, 9.17) is 4.74 Å². The molecule has 4 nitrogen and oxygen atoms in total. The summed E-state index contributed by atoms with van der Waals surface area (Å²) in [4.78, 5) is 0. The van der Waals surface area contributed by atoms with Gasteiger partial charge >= 0.3 is 0 Å². The third-order valence-electron chi connectivity index (χ3n) is 3.22. The number of nitrogens with one attached hydrogen (secondary N) is 1. The van der Waals surface area contributed by atoms with E-state index in [9.17, 15) is 8.42 Å². The molecule has 5 heteroatoms. The number of hydrogen-bond acceptors (Lipinski definition) is 4. The lowest BCUT2D eigenvalue weighted by Gasteiger charge is -2.12. The van der Waals surface area contributed by atoms with E-state index in [0.29, 0.717) is 23.3 Å². The molecule has 0 radical (unpaired) electrons. The quantitative estimate of drug-likeness (QED) is 0.745. The van der Waals surface area contributed by atoms with Crippen LogP contribution in [0.1, 0.15) is 12.8 Å². The Labute approximate surface area is 91.3 Å². The first-order chi connectivity index (χ1) is 7.16. The van der Waals surface area contributed by atoms with Gasteiger partial charge in [0.05, 0.1) is 18.1 Å². The minimum atomic E-state index is -2.71. The molecule has 15 heavy (non-hydrogen) atoms. The number of ether oxygens (including phenoxy) is 1. The lowest BCUT2D eigenvalue weighted by molar-refractivity contribution is 0.185. The summed E-state index contributed by atoms with van der Waals surface area (Å²) in [5.41, 5.74) is 0. The van der Waals surface area contributed by atoms with Crippen LogP contribution < -0.4 is 5.32 Å². The minimum absolute atomic E-state index is 0.331. The Hall–Kier alpha value is -0.130. The summed E-state index contributed by atoms with van der Waals surface area (Å²) < 4.78 is 27.7. The van der Waals surface area contributed by atoms with Crippen molar-refractivity contribution in [2.75, 3.05) is 37.8 Å². The normalized spacial score (nSPS) is 34.7. The molecule has 0 saturated carbocycles. The maximum atomic E-state index is 11.2. The summed E-state index contributed by atoms with van der Waals surface area (Å²) in [6.45, 7) is 3.55. The van der Waals surface area contributed by atoms with Gasteiger partial charge in [0.25, 0.3) is 0 Å². The van der Waals surface area contributed by atoms with E-state index in [1.165, 1.54) is 0 Å². The van der Waals surface area contributed by atoms with Crippen LogP contribution in [0.25, 0.3) is 0 Å². The molecule has 0 spiro atoms. The molecule has 0 aromatic heterocycles. The van der Waals surface area contributed by atoms with Crippen molar-refractivity contribution in [3.8, 4) is 0 Å². The van der Waals surface area contributed by atoms with Crippen molar-refractivity contribution >= 4 is 9.84 Å². The third kappa shape index (κ3) is 3.43. The van der Waals surface area contributed by atoms with Crippen LogP contribution in [0.2, 0.25) is 0 Å². The molecule has 0 aromatic rings. The van der Waals surface area contributed by atoms with Gasteiger partial charge < -0.3 is 10.1 Å². The first-order valence-corrected chi connectivity index (χ1v) is 7.47. The molecule has 2 atom stereocenters. The smallest absolute Gasteiger partial charge is 0.150 e. The minimum Gasteiger partial charge on any atom is -0.381 e. The average Bonchev–Trinajstić information content (AvgIpc) is 2.76. The summed E-state index contributed by atoms with van der Waals surface area (Å²) in [7, 11) is -2.71. The molecular formula is C10H19NO3S. The second-order valence-corrected chi connectivity index (χ2v) is 6.89. The van der Waals surface area contributed by atoms with Crippen LogP contribution in [0.5, 0.6) is 0 Å². The highest BCUT2D eigenvalue weighted by molar-refractivity contribution is 7.91. The molecule has 2 heterocycles. The number of sulfone groups is 1. The highest BCUT2D eigenvalue weighted by Crippen LogP contribution is 2.17. The zero-order chi connectivity index (χ0) is 10.7. The lowest BCUT2D eigenvalue weighted by atomic mass is 10.1. The fourth-order valence-electron chi connectivity index (χ4n) is 2.27. The van der Waals surface area contributed by atoms with E-state index in [1.54, 1.807) is 0 Å². The van der Waals surface area contributed by atoms with Gasteiger partial charge in [-0.3, -0.25) is 0 Å². The van der Waals surface area contributed by atoms with Crippen molar-refractivity contribution in [3.63, 3.8) is 0 Å². The van der Waals surface area contributed by atoms with E-state index >= 15 is 0 Å². The van der Waals surface area contributed by atoms with Crippen molar-refractivity contribution in [2.24, 2.45) is 11.8 Å². The predicted molar refractivity (Wildman–Crippen MR) is 58.6 cm³/mol. The van der Waals surface area contributed by atoms with Crippen molar-refractivity contribution in [3.05, 3.63) is 0 Å². The van der Waals surface area contributed by atoms with Crippen LogP contribution in [0, 0.1) is 11.8 Å². The van der Waals surface area contributed by atoms with Crippen molar-refractivity contribution in [1.29, 1.82) is 0 Å². The number of hydrogen-bond donors (Lipinski definition) is 1. The van der Waals surface area contributed by atoms with Crippen LogP contribution >= 0.6 is 0 Å². The highest BCUT2D eigenvalue weighted by atomic mass is 32.2. The fraction of sp³-hybridized carbons (Fsp3) is 1.00. The Morgan fingerprint density at radius 3 is 2.60 bits per heavy atom. The Morgan fingerprint density at radius 1 is 1.20 bits per heavy atom. The molecule has 0 aliphatic carbocycles. The summed E-state index contributed by atoms with van der Waals surface area (Å²) in [6, 6.07) is 0. The summed E-state index contributed by atoms with van der Waals surface area (Å²) >= 11 is 0.